The first kappa shape index (κ1) is 13.7. The van der Waals surface area contributed by atoms with Crippen molar-refractivity contribution < 1.29 is 0 Å². The van der Waals surface area contributed by atoms with Gasteiger partial charge in [-0.2, -0.15) is 0 Å². The van der Waals surface area contributed by atoms with Crippen LogP contribution in [0.2, 0.25) is 0 Å². The topological polar surface area (TPSA) is 24.9 Å². The second kappa shape index (κ2) is 7.02. The van der Waals surface area contributed by atoms with Gasteiger partial charge in [-0.05, 0) is 31.5 Å². The van der Waals surface area contributed by atoms with Crippen LogP contribution in [0.4, 0.5) is 0 Å². The highest BCUT2D eigenvalue weighted by molar-refractivity contribution is 7.12. The van der Waals surface area contributed by atoms with E-state index in [0.29, 0.717) is 6.04 Å². The van der Waals surface area contributed by atoms with Gasteiger partial charge in [-0.3, -0.25) is 0 Å². The zero-order valence-electron chi connectivity index (χ0n) is 11.0. The molecular formula is C14H20N2S2. The van der Waals surface area contributed by atoms with Crippen LogP contribution in [0.5, 0.6) is 0 Å². The SMILES string of the molecule is CCCNC(Cc1ccc(CC)s1)c1cscn1. The molecule has 2 heterocycles. The molecule has 0 aliphatic heterocycles. The molecule has 2 nitrogen and oxygen atoms in total. The summed E-state index contributed by atoms with van der Waals surface area (Å²) in [5.74, 6) is 0. The molecule has 1 unspecified atom stereocenters. The van der Waals surface area contributed by atoms with Crippen LogP contribution in [0.15, 0.2) is 23.0 Å². The summed E-state index contributed by atoms with van der Waals surface area (Å²) in [6, 6.07) is 4.87. The van der Waals surface area contributed by atoms with E-state index in [1.165, 1.54) is 15.4 Å². The average molecular weight is 280 g/mol. The number of thiophene rings is 1. The Labute approximate surface area is 117 Å². The predicted molar refractivity (Wildman–Crippen MR) is 80.5 cm³/mol. The van der Waals surface area contributed by atoms with E-state index in [1.807, 2.05) is 16.8 Å². The Hall–Kier alpha value is -0.710. The number of aromatic nitrogens is 1. The van der Waals surface area contributed by atoms with Crippen molar-refractivity contribution in [2.75, 3.05) is 6.54 Å². The monoisotopic (exact) mass is 280 g/mol. The van der Waals surface area contributed by atoms with Crippen molar-refractivity contribution in [3.8, 4) is 0 Å². The average Bonchev–Trinajstić information content (AvgIpc) is 3.05. The molecule has 0 aromatic carbocycles. The lowest BCUT2D eigenvalue weighted by molar-refractivity contribution is 0.523. The Morgan fingerprint density at radius 1 is 1.28 bits per heavy atom. The lowest BCUT2D eigenvalue weighted by atomic mass is 10.1. The number of hydrogen-bond acceptors (Lipinski definition) is 4. The van der Waals surface area contributed by atoms with Crippen LogP contribution >= 0.6 is 22.7 Å². The molecule has 0 bridgehead atoms. The van der Waals surface area contributed by atoms with Crippen molar-refractivity contribution in [3.63, 3.8) is 0 Å². The first-order valence-electron chi connectivity index (χ1n) is 6.52. The van der Waals surface area contributed by atoms with E-state index in [0.717, 1.165) is 25.8 Å². The maximum atomic E-state index is 4.45. The molecule has 0 spiro atoms. The van der Waals surface area contributed by atoms with E-state index in [-0.39, 0.29) is 0 Å². The molecule has 2 aromatic heterocycles. The van der Waals surface area contributed by atoms with Crippen molar-refractivity contribution in [1.82, 2.24) is 10.3 Å². The van der Waals surface area contributed by atoms with Gasteiger partial charge >= 0.3 is 0 Å². The molecule has 0 fully saturated rings. The third-order valence-corrected chi connectivity index (χ3v) is 4.78. The minimum Gasteiger partial charge on any atom is -0.308 e. The van der Waals surface area contributed by atoms with Gasteiger partial charge in [0.15, 0.2) is 0 Å². The molecule has 98 valence electrons. The molecule has 0 radical (unpaired) electrons. The summed E-state index contributed by atoms with van der Waals surface area (Å²) in [7, 11) is 0. The Balaban J connectivity index is 2.04. The zero-order chi connectivity index (χ0) is 12.8. The summed E-state index contributed by atoms with van der Waals surface area (Å²) >= 11 is 3.60. The van der Waals surface area contributed by atoms with E-state index >= 15 is 0 Å². The lowest BCUT2D eigenvalue weighted by Crippen LogP contribution is -2.24. The standard InChI is InChI=1S/C14H20N2S2/c1-3-7-15-13(14-9-17-10-16-14)8-12-6-5-11(4-2)18-12/h5-6,9-10,13,15H,3-4,7-8H2,1-2H3. The van der Waals surface area contributed by atoms with Gasteiger partial charge < -0.3 is 5.32 Å². The summed E-state index contributed by atoms with van der Waals surface area (Å²) in [4.78, 5) is 7.38. The van der Waals surface area contributed by atoms with E-state index in [9.17, 15) is 0 Å². The maximum absolute atomic E-state index is 4.45. The number of aryl methyl sites for hydroxylation is 1. The minimum atomic E-state index is 0.361. The van der Waals surface area contributed by atoms with Crippen LogP contribution in [0.3, 0.4) is 0 Å². The number of thiazole rings is 1. The highest BCUT2D eigenvalue weighted by Crippen LogP contribution is 2.24. The molecule has 18 heavy (non-hydrogen) atoms. The van der Waals surface area contributed by atoms with Gasteiger partial charge in [0.1, 0.15) is 0 Å². The number of nitrogens with zero attached hydrogens (tertiary/aromatic N) is 1. The van der Waals surface area contributed by atoms with Crippen molar-refractivity contribution in [2.45, 2.75) is 39.2 Å². The molecule has 2 rings (SSSR count). The first-order chi connectivity index (χ1) is 8.83. The Bertz CT molecular complexity index is 448. The normalized spacial score (nSPS) is 12.8. The van der Waals surface area contributed by atoms with Crippen LogP contribution in [-0.4, -0.2) is 11.5 Å². The molecule has 0 saturated heterocycles. The maximum Gasteiger partial charge on any atom is 0.0795 e. The Morgan fingerprint density at radius 2 is 2.11 bits per heavy atom. The van der Waals surface area contributed by atoms with Gasteiger partial charge in [0.2, 0.25) is 0 Å². The number of nitrogens with one attached hydrogen (secondary N) is 1. The molecule has 4 heteroatoms. The highest BCUT2D eigenvalue weighted by Gasteiger charge is 2.14. The largest absolute Gasteiger partial charge is 0.308 e. The van der Waals surface area contributed by atoms with Crippen LogP contribution in [0, 0.1) is 0 Å². The van der Waals surface area contributed by atoms with Gasteiger partial charge in [-0.25, -0.2) is 4.98 Å². The van der Waals surface area contributed by atoms with Crippen molar-refractivity contribution in [3.05, 3.63) is 38.5 Å². The first-order valence-corrected chi connectivity index (χ1v) is 8.28. The fourth-order valence-electron chi connectivity index (χ4n) is 1.92. The van der Waals surface area contributed by atoms with Gasteiger partial charge in [0.25, 0.3) is 0 Å². The molecule has 0 saturated carbocycles. The van der Waals surface area contributed by atoms with E-state index < -0.39 is 0 Å². The van der Waals surface area contributed by atoms with Gasteiger partial charge in [0, 0.05) is 21.6 Å². The van der Waals surface area contributed by atoms with Gasteiger partial charge in [-0.1, -0.05) is 13.8 Å². The second-order valence-electron chi connectivity index (χ2n) is 4.35. The van der Waals surface area contributed by atoms with Crippen LogP contribution in [0.1, 0.15) is 41.8 Å². The Morgan fingerprint density at radius 3 is 2.72 bits per heavy atom. The molecule has 1 atom stereocenters. The molecular weight excluding hydrogens is 260 g/mol. The molecule has 0 aliphatic rings. The van der Waals surface area contributed by atoms with E-state index in [4.69, 9.17) is 0 Å². The quantitative estimate of drug-likeness (QED) is 0.827. The summed E-state index contributed by atoms with van der Waals surface area (Å²) in [6.07, 6.45) is 3.34. The summed E-state index contributed by atoms with van der Waals surface area (Å²) < 4.78 is 0. The van der Waals surface area contributed by atoms with Gasteiger partial charge in [-0.15, -0.1) is 22.7 Å². The molecule has 1 N–H and O–H groups in total. The minimum absolute atomic E-state index is 0.361. The molecule has 0 amide bonds. The third kappa shape index (κ3) is 3.64. The summed E-state index contributed by atoms with van der Waals surface area (Å²) in [5, 5.41) is 5.75. The molecule has 0 aliphatic carbocycles. The highest BCUT2D eigenvalue weighted by atomic mass is 32.1. The summed E-state index contributed by atoms with van der Waals surface area (Å²) in [6.45, 7) is 5.46. The predicted octanol–water partition coefficient (Wildman–Crippen LogP) is 4.05. The second-order valence-corrected chi connectivity index (χ2v) is 6.32. The van der Waals surface area contributed by atoms with Gasteiger partial charge in [0.05, 0.1) is 17.2 Å². The zero-order valence-corrected chi connectivity index (χ0v) is 12.6. The smallest absolute Gasteiger partial charge is 0.0795 e. The van der Waals surface area contributed by atoms with Crippen molar-refractivity contribution >= 4 is 22.7 Å². The van der Waals surface area contributed by atoms with Crippen molar-refractivity contribution in [2.24, 2.45) is 0 Å². The number of rotatable bonds is 7. The fraction of sp³-hybridized carbons (Fsp3) is 0.500. The van der Waals surface area contributed by atoms with E-state index in [2.05, 4.69) is 41.7 Å². The van der Waals surface area contributed by atoms with Crippen molar-refractivity contribution in [1.29, 1.82) is 0 Å². The van der Waals surface area contributed by atoms with E-state index in [1.54, 1.807) is 11.3 Å². The summed E-state index contributed by atoms with van der Waals surface area (Å²) in [5.41, 5.74) is 3.10. The van der Waals surface area contributed by atoms with Crippen LogP contribution in [-0.2, 0) is 12.8 Å². The van der Waals surface area contributed by atoms with Crippen LogP contribution < -0.4 is 5.32 Å². The number of hydrogen-bond donors (Lipinski definition) is 1. The van der Waals surface area contributed by atoms with Crippen LogP contribution in [0.25, 0.3) is 0 Å². The third-order valence-electron chi connectivity index (χ3n) is 2.92. The lowest BCUT2D eigenvalue weighted by Gasteiger charge is -2.15. The fourth-order valence-corrected chi connectivity index (χ4v) is 3.53. The Kier molecular flexibility index (Phi) is 5.35. The molecule has 2 aromatic rings.